The van der Waals surface area contributed by atoms with Crippen LogP contribution in [0.1, 0.15) is 24.0 Å². The van der Waals surface area contributed by atoms with E-state index in [4.69, 9.17) is 11.6 Å². The topological polar surface area (TPSA) is 23.5 Å². The standard InChI is InChI=1S/C22H26ClNO/c1-24(2)16-20-12-11-19(13-17-7-4-3-5-8-17)22(20,25)15-18-9-6-10-21(23)14-18/h3-10,13-14,20,25H,11-12,15-16H2,1-2H3. The summed E-state index contributed by atoms with van der Waals surface area (Å²) in [5.74, 6) is 0.219. The molecule has 0 radical (unpaired) electrons. The average molecular weight is 356 g/mol. The van der Waals surface area contributed by atoms with E-state index in [0.717, 1.165) is 41.1 Å². The fraction of sp³-hybridized carbons (Fsp3) is 0.364. The molecule has 0 heterocycles. The highest BCUT2D eigenvalue weighted by Crippen LogP contribution is 2.44. The first-order chi connectivity index (χ1) is 12.0. The minimum absolute atomic E-state index is 0.219. The van der Waals surface area contributed by atoms with Crippen LogP contribution in [-0.4, -0.2) is 36.2 Å². The summed E-state index contributed by atoms with van der Waals surface area (Å²) in [4.78, 5) is 2.17. The largest absolute Gasteiger partial charge is 0.385 e. The fourth-order valence-electron chi connectivity index (χ4n) is 3.89. The van der Waals surface area contributed by atoms with E-state index in [0.29, 0.717) is 6.42 Å². The van der Waals surface area contributed by atoms with E-state index in [1.807, 2.05) is 36.4 Å². The van der Waals surface area contributed by atoms with E-state index < -0.39 is 5.60 Å². The first-order valence-corrected chi connectivity index (χ1v) is 9.23. The van der Waals surface area contributed by atoms with Crippen LogP contribution >= 0.6 is 11.6 Å². The zero-order valence-corrected chi connectivity index (χ0v) is 15.7. The van der Waals surface area contributed by atoms with Crippen molar-refractivity contribution in [3.63, 3.8) is 0 Å². The van der Waals surface area contributed by atoms with Gasteiger partial charge >= 0.3 is 0 Å². The molecule has 3 heteroatoms. The van der Waals surface area contributed by atoms with Crippen molar-refractivity contribution < 1.29 is 5.11 Å². The van der Waals surface area contributed by atoms with Crippen molar-refractivity contribution in [3.8, 4) is 0 Å². The molecule has 1 fully saturated rings. The molecule has 0 bridgehead atoms. The lowest BCUT2D eigenvalue weighted by Crippen LogP contribution is -2.42. The lowest BCUT2D eigenvalue weighted by Gasteiger charge is -2.33. The molecule has 1 N–H and O–H groups in total. The second-order valence-corrected chi connectivity index (χ2v) is 7.75. The Kier molecular flexibility index (Phi) is 5.63. The minimum Gasteiger partial charge on any atom is -0.385 e. The molecule has 0 aromatic heterocycles. The molecule has 3 rings (SSSR count). The molecule has 2 aromatic rings. The SMILES string of the molecule is CN(C)CC1CCC(=Cc2ccccc2)C1(O)Cc1cccc(Cl)c1. The second-order valence-electron chi connectivity index (χ2n) is 7.31. The molecule has 25 heavy (non-hydrogen) atoms. The lowest BCUT2D eigenvalue weighted by atomic mass is 9.81. The monoisotopic (exact) mass is 355 g/mol. The number of aliphatic hydroxyl groups is 1. The molecule has 1 saturated carbocycles. The van der Waals surface area contributed by atoms with E-state index in [2.05, 4.69) is 43.3 Å². The molecular weight excluding hydrogens is 330 g/mol. The lowest BCUT2D eigenvalue weighted by molar-refractivity contribution is 0.0257. The molecule has 0 amide bonds. The van der Waals surface area contributed by atoms with Gasteiger partial charge in [0.2, 0.25) is 0 Å². The van der Waals surface area contributed by atoms with Gasteiger partial charge in [-0.3, -0.25) is 0 Å². The molecule has 1 aliphatic rings. The Labute approximate surface area is 155 Å². The van der Waals surface area contributed by atoms with Crippen LogP contribution < -0.4 is 0 Å². The van der Waals surface area contributed by atoms with Crippen LogP contribution in [0, 0.1) is 5.92 Å². The third kappa shape index (κ3) is 4.33. The Morgan fingerprint density at radius 3 is 2.60 bits per heavy atom. The van der Waals surface area contributed by atoms with Gasteiger partial charge in [-0.2, -0.15) is 0 Å². The predicted molar refractivity (Wildman–Crippen MR) is 106 cm³/mol. The summed E-state index contributed by atoms with van der Waals surface area (Å²) < 4.78 is 0. The summed E-state index contributed by atoms with van der Waals surface area (Å²) in [6.07, 6.45) is 4.71. The Morgan fingerprint density at radius 1 is 1.16 bits per heavy atom. The van der Waals surface area contributed by atoms with Gasteiger partial charge in [0, 0.05) is 23.9 Å². The summed E-state index contributed by atoms with van der Waals surface area (Å²) in [5, 5.41) is 12.4. The molecule has 2 unspecified atom stereocenters. The van der Waals surface area contributed by atoms with E-state index in [9.17, 15) is 5.11 Å². The van der Waals surface area contributed by atoms with E-state index >= 15 is 0 Å². The smallest absolute Gasteiger partial charge is 0.0940 e. The maximum atomic E-state index is 11.7. The quantitative estimate of drug-likeness (QED) is 0.842. The van der Waals surface area contributed by atoms with Crippen molar-refractivity contribution in [2.75, 3.05) is 20.6 Å². The molecule has 2 nitrogen and oxygen atoms in total. The van der Waals surface area contributed by atoms with Crippen molar-refractivity contribution in [1.82, 2.24) is 4.90 Å². The highest BCUT2D eigenvalue weighted by Gasteiger charge is 2.45. The van der Waals surface area contributed by atoms with E-state index in [-0.39, 0.29) is 5.92 Å². The first kappa shape index (κ1) is 18.2. The van der Waals surface area contributed by atoms with Crippen LogP contribution in [0.3, 0.4) is 0 Å². The molecule has 1 aliphatic carbocycles. The number of benzene rings is 2. The summed E-state index contributed by atoms with van der Waals surface area (Å²) in [7, 11) is 4.14. The third-order valence-electron chi connectivity index (χ3n) is 5.08. The van der Waals surface area contributed by atoms with Gasteiger partial charge < -0.3 is 10.0 Å². The maximum Gasteiger partial charge on any atom is 0.0940 e. The Balaban J connectivity index is 1.95. The predicted octanol–water partition coefficient (Wildman–Crippen LogP) is 4.67. The summed E-state index contributed by atoms with van der Waals surface area (Å²) in [5.41, 5.74) is 2.53. The number of nitrogens with zero attached hydrogens (tertiary/aromatic N) is 1. The maximum absolute atomic E-state index is 11.7. The second kappa shape index (κ2) is 7.74. The van der Waals surface area contributed by atoms with Crippen molar-refractivity contribution in [3.05, 3.63) is 76.3 Å². The van der Waals surface area contributed by atoms with Gasteiger partial charge in [-0.15, -0.1) is 0 Å². The number of hydrogen-bond acceptors (Lipinski definition) is 2. The van der Waals surface area contributed by atoms with Crippen LogP contribution in [0.25, 0.3) is 6.08 Å². The van der Waals surface area contributed by atoms with Gasteiger partial charge in [-0.25, -0.2) is 0 Å². The van der Waals surface area contributed by atoms with Crippen LogP contribution in [0.2, 0.25) is 5.02 Å². The molecular formula is C22H26ClNO. The van der Waals surface area contributed by atoms with E-state index in [1.54, 1.807) is 0 Å². The molecule has 0 saturated heterocycles. The van der Waals surface area contributed by atoms with Crippen LogP contribution in [-0.2, 0) is 6.42 Å². The minimum atomic E-state index is -0.829. The Hall–Kier alpha value is -1.61. The molecule has 2 atom stereocenters. The van der Waals surface area contributed by atoms with Crippen molar-refractivity contribution in [1.29, 1.82) is 0 Å². The van der Waals surface area contributed by atoms with Gasteiger partial charge in [-0.05, 0) is 55.8 Å². The van der Waals surface area contributed by atoms with Gasteiger partial charge in [0.05, 0.1) is 5.60 Å². The molecule has 0 spiro atoms. The molecule has 2 aromatic carbocycles. The number of hydrogen-bond donors (Lipinski definition) is 1. The zero-order valence-electron chi connectivity index (χ0n) is 15.0. The molecule has 0 aliphatic heterocycles. The van der Waals surface area contributed by atoms with Gasteiger partial charge in [0.15, 0.2) is 0 Å². The van der Waals surface area contributed by atoms with Crippen molar-refractivity contribution >= 4 is 17.7 Å². The highest BCUT2D eigenvalue weighted by atomic mass is 35.5. The zero-order chi connectivity index (χ0) is 17.9. The van der Waals surface area contributed by atoms with Crippen LogP contribution in [0.15, 0.2) is 60.2 Å². The fourth-order valence-corrected chi connectivity index (χ4v) is 4.11. The van der Waals surface area contributed by atoms with Crippen molar-refractivity contribution in [2.45, 2.75) is 24.9 Å². The van der Waals surface area contributed by atoms with E-state index in [1.165, 1.54) is 0 Å². The highest BCUT2D eigenvalue weighted by molar-refractivity contribution is 6.30. The van der Waals surface area contributed by atoms with Crippen LogP contribution in [0.4, 0.5) is 0 Å². The summed E-state index contributed by atoms with van der Waals surface area (Å²) in [6, 6.07) is 18.1. The summed E-state index contributed by atoms with van der Waals surface area (Å²) in [6.45, 7) is 0.878. The third-order valence-corrected chi connectivity index (χ3v) is 5.32. The van der Waals surface area contributed by atoms with Crippen LogP contribution in [0.5, 0.6) is 0 Å². The van der Waals surface area contributed by atoms with Gasteiger partial charge in [-0.1, -0.05) is 60.1 Å². The van der Waals surface area contributed by atoms with Crippen molar-refractivity contribution in [2.24, 2.45) is 5.92 Å². The molecule has 132 valence electrons. The van der Waals surface area contributed by atoms with Gasteiger partial charge in [0.1, 0.15) is 0 Å². The Bertz CT molecular complexity index is 741. The number of rotatable bonds is 5. The normalized spacial score (nSPS) is 25.0. The summed E-state index contributed by atoms with van der Waals surface area (Å²) >= 11 is 6.16. The Morgan fingerprint density at radius 2 is 1.92 bits per heavy atom. The average Bonchev–Trinajstić information content (AvgIpc) is 2.84. The van der Waals surface area contributed by atoms with Gasteiger partial charge in [0.25, 0.3) is 0 Å². The first-order valence-electron chi connectivity index (χ1n) is 8.85. The number of halogens is 1.